The molecule has 0 spiro atoms. The van der Waals surface area contributed by atoms with Crippen LogP contribution in [0.4, 0.5) is 0 Å². The number of aliphatic hydroxyl groups excluding tert-OH is 1. The van der Waals surface area contributed by atoms with Crippen molar-refractivity contribution in [2.75, 3.05) is 40.0 Å². The third-order valence-corrected chi connectivity index (χ3v) is 5.69. The minimum atomic E-state index is -0.241. The average Bonchev–Trinajstić information content (AvgIpc) is 2.83. The van der Waals surface area contributed by atoms with Gasteiger partial charge in [-0.25, -0.2) is 4.98 Å². The number of ether oxygens (including phenoxy) is 2. The second kappa shape index (κ2) is 10.1. The van der Waals surface area contributed by atoms with E-state index in [1.54, 1.807) is 7.11 Å². The molecule has 7 nitrogen and oxygen atoms in total. The number of aryl methyl sites for hydroxylation is 1. The highest BCUT2D eigenvalue weighted by Crippen LogP contribution is 2.28. The van der Waals surface area contributed by atoms with E-state index < -0.39 is 0 Å². The Bertz CT molecular complexity index is 1100. The Balaban J connectivity index is 1.59. The number of amides is 1. The molecule has 1 atom stereocenters. The van der Waals surface area contributed by atoms with Crippen LogP contribution in [-0.4, -0.2) is 60.9 Å². The highest BCUT2D eigenvalue weighted by molar-refractivity contribution is 6.06. The van der Waals surface area contributed by atoms with Gasteiger partial charge >= 0.3 is 0 Å². The molecule has 1 aliphatic rings. The van der Waals surface area contributed by atoms with Crippen LogP contribution >= 0.6 is 0 Å². The van der Waals surface area contributed by atoms with Crippen molar-refractivity contribution in [1.82, 2.24) is 15.2 Å². The Kier molecular flexibility index (Phi) is 6.99. The molecule has 1 amide bonds. The fourth-order valence-electron chi connectivity index (χ4n) is 4.06. The van der Waals surface area contributed by atoms with Crippen molar-refractivity contribution in [1.29, 1.82) is 0 Å². The zero-order chi connectivity index (χ0) is 22.5. The van der Waals surface area contributed by atoms with Crippen molar-refractivity contribution >= 4 is 16.8 Å². The second-order valence-electron chi connectivity index (χ2n) is 8.00. The molecule has 1 aromatic heterocycles. The van der Waals surface area contributed by atoms with Crippen LogP contribution in [0.1, 0.15) is 33.3 Å². The third kappa shape index (κ3) is 4.91. The molecule has 1 fully saturated rings. The van der Waals surface area contributed by atoms with Gasteiger partial charge in [0.1, 0.15) is 11.9 Å². The number of benzene rings is 2. The summed E-state index contributed by atoms with van der Waals surface area (Å²) in [6, 6.07) is 15.7. The van der Waals surface area contributed by atoms with Crippen LogP contribution in [0.15, 0.2) is 48.5 Å². The van der Waals surface area contributed by atoms with Crippen molar-refractivity contribution < 1.29 is 19.4 Å². The summed E-state index contributed by atoms with van der Waals surface area (Å²) in [5, 5.41) is 12.6. The molecule has 0 aliphatic carbocycles. The van der Waals surface area contributed by atoms with Crippen LogP contribution < -0.4 is 10.1 Å². The van der Waals surface area contributed by atoms with Crippen LogP contribution in [-0.2, 0) is 11.3 Å². The van der Waals surface area contributed by atoms with Gasteiger partial charge in [-0.3, -0.25) is 9.69 Å². The summed E-state index contributed by atoms with van der Waals surface area (Å²) in [5.41, 5.74) is 4.32. The van der Waals surface area contributed by atoms with E-state index in [-0.39, 0.29) is 25.2 Å². The average molecular weight is 436 g/mol. The maximum atomic E-state index is 12.7. The molecule has 4 rings (SSSR count). The summed E-state index contributed by atoms with van der Waals surface area (Å²) in [7, 11) is 1.70. The zero-order valence-corrected chi connectivity index (χ0v) is 18.5. The van der Waals surface area contributed by atoms with Gasteiger partial charge in [0.25, 0.3) is 5.91 Å². The number of fused-ring (bicyclic) bond motifs is 1. The number of methoxy groups -OCH3 is 1. The van der Waals surface area contributed by atoms with Crippen LogP contribution in [0, 0.1) is 6.92 Å². The summed E-state index contributed by atoms with van der Waals surface area (Å²) in [6.45, 7) is 4.96. The fraction of sp³-hybridized carbons (Fsp3) is 0.360. The Morgan fingerprint density at radius 2 is 2.12 bits per heavy atom. The largest absolute Gasteiger partial charge is 0.496 e. The van der Waals surface area contributed by atoms with Crippen LogP contribution in [0.5, 0.6) is 5.75 Å². The summed E-state index contributed by atoms with van der Waals surface area (Å²) < 4.78 is 11.6. The highest BCUT2D eigenvalue weighted by Gasteiger charge is 2.25. The number of aliphatic hydroxyl groups is 1. The van der Waals surface area contributed by atoms with Gasteiger partial charge in [0.15, 0.2) is 0 Å². The van der Waals surface area contributed by atoms with Gasteiger partial charge in [0.2, 0.25) is 0 Å². The topological polar surface area (TPSA) is 83.9 Å². The summed E-state index contributed by atoms with van der Waals surface area (Å²) in [5.74, 6) is 0.663. The normalized spacial score (nSPS) is 16.8. The van der Waals surface area contributed by atoms with Gasteiger partial charge in [0.05, 0.1) is 37.1 Å². The van der Waals surface area contributed by atoms with Crippen LogP contribution in [0.3, 0.4) is 0 Å². The number of pyridine rings is 1. The molecule has 0 saturated carbocycles. The summed E-state index contributed by atoms with van der Waals surface area (Å²) >= 11 is 0. The van der Waals surface area contributed by atoms with E-state index in [9.17, 15) is 4.79 Å². The number of morpholine rings is 1. The SMILES string of the molecule is COc1cc(C)ccc1CN1CCO[C@@H](c2cc(C(=O)NCCO)c3ccccc3n2)C1. The lowest BCUT2D eigenvalue weighted by molar-refractivity contribution is -0.0350. The molecule has 7 heteroatoms. The first-order valence-electron chi connectivity index (χ1n) is 10.8. The van der Waals surface area contributed by atoms with E-state index in [1.165, 1.54) is 0 Å². The first-order valence-corrected chi connectivity index (χ1v) is 10.8. The highest BCUT2D eigenvalue weighted by atomic mass is 16.5. The van der Waals surface area contributed by atoms with Crippen molar-refractivity contribution in [3.05, 3.63) is 70.9 Å². The van der Waals surface area contributed by atoms with Crippen LogP contribution in [0.25, 0.3) is 10.9 Å². The molecular weight excluding hydrogens is 406 g/mol. The number of rotatable bonds is 7. The molecule has 2 heterocycles. The minimum absolute atomic E-state index is 0.106. The Morgan fingerprint density at radius 3 is 2.94 bits per heavy atom. The quantitative estimate of drug-likeness (QED) is 0.594. The van der Waals surface area contributed by atoms with E-state index in [4.69, 9.17) is 19.6 Å². The van der Waals surface area contributed by atoms with E-state index in [2.05, 4.69) is 35.3 Å². The molecule has 32 heavy (non-hydrogen) atoms. The van der Waals surface area contributed by atoms with Crippen molar-refractivity contribution in [3.63, 3.8) is 0 Å². The Hall–Kier alpha value is -3.00. The van der Waals surface area contributed by atoms with E-state index in [0.717, 1.165) is 46.6 Å². The number of carbonyl (C=O) groups is 1. The van der Waals surface area contributed by atoms with Gasteiger partial charge in [-0.2, -0.15) is 0 Å². The van der Waals surface area contributed by atoms with E-state index in [0.29, 0.717) is 18.7 Å². The molecule has 0 radical (unpaired) electrons. The maximum absolute atomic E-state index is 12.7. The van der Waals surface area contributed by atoms with Crippen molar-refractivity contribution in [2.45, 2.75) is 19.6 Å². The molecule has 0 bridgehead atoms. The molecule has 2 N–H and O–H groups in total. The molecule has 168 valence electrons. The number of aromatic nitrogens is 1. The number of para-hydroxylation sites is 1. The molecule has 1 saturated heterocycles. The number of hydrogen-bond acceptors (Lipinski definition) is 6. The predicted molar refractivity (Wildman–Crippen MR) is 123 cm³/mol. The van der Waals surface area contributed by atoms with E-state index >= 15 is 0 Å². The lowest BCUT2D eigenvalue weighted by atomic mass is 10.0. The van der Waals surface area contributed by atoms with E-state index in [1.807, 2.05) is 30.3 Å². The number of hydrogen-bond donors (Lipinski definition) is 2. The fourth-order valence-corrected chi connectivity index (χ4v) is 4.06. The molecule has 2 aromatic carbocycles. The number of nitrogens with zero attached hydrogens (tertiary/aromatic N) is 2. The first kappa shape index (κ1) is 22.2. The van der Waals surface area contributed by atoms with Gasteiger partial charge in [-0.1, -0.05) is 30.3 Å². The summed E-state index contributed by atoms with van der Waals surface area (Å²) in [6.07, 6.45) is -0.241. The number of carbonyl (C=O) groups excluding carboxylic acids is 1. The lowest BCUT2D eigenvalue weighted by Gasteiger charge is -2.33. The molecule has 1 aliphatic heterocycles. The lowest BCUT2D eigenvalue weighted by Crippen LogP contribution is -2.38. The Labute approximate surface area is 188 Å². The van der Waals surface area contributed by atoms with Crippen molar-refractivity contribution in [3.8, 4) is 5.75 Å². The zero-order valence-electron chi connectivity index (χ0n) is 18.5. The van der Waals surface area contributed by atoms with Gasteiger partial charge in [-0.15, -0.1) is 0 Å². The molecule has 0 unspecified atom stereocenters. The second-order valence-corrected chi connectivity index (χ2v) is 8.00. The minimum Gasteiger partial charge on any atom is -0.496 e. The smallest absolute Gasteiger partial charge is 0.252 e. The van der Waals surface area contributed by atoms with Gasteiger partial charge in [0, 0.05) is 37.1 Å². The summed E-state index contributed by atoms with van der Waals surface area (Å²) in [4.78, 5) is 19.9. The molecule has 3 aromatic rings. The third-order valence-electron chi connectivity index (χ3n) is 5.69. The predicted octanol–water partition coefficient (Wildman–Crippen LogP) is 2.85. The maximum Gasteiger partial charge on any atom is 0.252 e. The monoisotopic (exact) mass is 435 g/mol. The first-order chi connectivity index (χ1) is 15.6. The van der Waals surface area contributed by atoms with Crippen molar-refractivity contribution in [2.24, 2.45) is 0 Å². The van der Waals surface area contributed by atoms with Crippen LogP contribution in [0.2, 0.25) is 0 Å². The Morgan fingerprint density at radius 1 is 1.28 bits per heavy atom. The molecular formula is C25H29N3O4. The van der Waals surface area contributed by atoms with Gasteiger partial charge in [-0.05, 0) is 30.7 Å². The standard InChI is InChI=1S/C25H29N3O4/c1-17-7-8-18(23(13-17)31-2)15-28-10-12-32-24(16-28)22-14-20(25(30)26-9-11-29)19-5-3-4-6-21(19)27-22/h3-8,13-14,24,29H,9-12,15-16H2,1-2H3,(H,26,30)/t24-/m1/s1. The van der Waals surface area contributed by atoms with Gasteiger partial charge < -0.3 is 19.9 Å². The number of nitrogens with one attached hydrogen (secondary N) is 1.